The number of piperazine rings is 1. The average molecular weight is 277 g/mol. The fourth-order valence-corrected chi connectivity index (χ4v) is 3.24. The fraction of sp³-hybridized carbons (Fsp3) is 1.00. The maximum absolute atomic E-state index is 11.4. The summed E-state index contributed by atoms with van der Waals surface area (Å²) in [4.78, 5) is 2.32. The maximum Gasteiger partial charge on any atom is 0.211 e. The Morgan fingerprint density at radius 1 is 1.28 bits per heavy atom. The predicted molar refractivity (Wildman–Crippen MR) is 70.1 cm³/mol. The average Bonchev–Trinajstić information content (AvgIpc) is 2.37. The third kappa shape index (κ3) is 4.17. The molecule has 2 rings (SSSR count). The normalized spacial score (nSPS) is 28.4. The molecule has 0 spiro atoms. The first-order chi connectivity index (χ1) is 8.55. The summed E-state index contributed by atoms with van der Waals surface area (Å²) in [6, 6.07) is 0. The first kappa shape index (κ1) is 14.2. The highest BCUT2D eigenvalue weighted by Crippen LogP contribution is 2.08. The maximum atomic E-state index is 11.4. The molecule has 2 heterocycles. The number of ether oxygens (including phenoxy) is 1. The van der Waals surface area contributed by atoms with Crippen LogP contribution in [0.2, 0.25) is 0 Å². The van der Waals surface area contributed by atoms with Crippen LogP contribution < -0.4 is 5.32 Å². The summed E-state index contributed by atoms with van der Waals surface area (Å²) in [5, 5.41) is 3.32. The van der Waals surface area contributed by atoms with Crippen molar-refractivity contribution < 1.29 is 13.2 Å². The Morgan fingerprint density at radius 2 is 2.00 bits per heavy atom. The molecule has 2 fully saturated rings. The highest BCUT2D eigenvalue weighted by Gasteiger charge is 2.23. The van der Waals surface area contributed by atoms with Gasteiger partial charge in [-0.3, -0.25) is 0 Å². The van der Waals surface area contributed by atoms with E-state index in [2.05, 4.69) is 10.2 Å². The molecule has 1 atom stereocenters. The third-order valence-corrected chi connectivity index (χ3v) is 4.88. The van der Waals surface area contributed by atoms with Crippen molar-refractivity contribution in [1.82, 2.24) is 14.5 Å². The largest absolute Gasteiger partial charge is 0.376 e. The molecule has 2 saturated heterocycles. The van der Waals surface area contributed by atoms with Crippen LogP contribution in [0.4, 0.5) is 0 Å². The van der Waals surface area contributed by atoms with E-state index in [1.165, 1.54) is 6.26 Å². The molecule has 2 aliphatic heterocycles. The molecular weight excluding hydrogens is 254 g/mol. The second kappa shape index (κ2) is 6.29. The third-order valence-electron chi connectivity index (χ3n) is 3.57. The molecule has 6 nitrogen and oxygen atoms in total. The molecular formula is C11H23N3O3S. The lowest BCUT2D eigenvalue weighted by Crippen LogP contribution is -2.49. The molecule has 0 aromatic rings. The van der Waals surface area contributed by atoms with Crippen LogP contribution in [0.3, 0.4) is 0 Å². The molecule has 2 aliphatic rings. The van der Waals surface area contributed by atoms with Gasteiger partial charge < -0.3 is 15.0 Å². The van der Waals surface area contributed by atoms with Crippen molar-refractivity contribution in [1.29, 1.82) is 0 Å². The van der Waals surface area contributed by atoms with E-state index in [1.54, 1.807) is 4.31 Å². The Hall–Kier alpha value is -0.210. The van der Waals surface area contributed by atoms with E-state index in [1.807, 2.05) is 0 Å². The summed E-state index contributed by atoms with van der Waals surface area (Å²) in [7, 11) is -3.01. The SMILES string of the molecule is CS(=O)(=O)N1CCN(CCC2CNCCO2)CC1. The summed E-state index contributed by atoms with van der Waals surface area (Å²) in [6.45, 7) is 6.55. The highest BCUT2D eigenvalue weighted by molar-refractivity contribution is 7.88. The molecule has 0 aromatic heterocycles. The quantitative estimate of drug-likeness (QED) is 0.710. The Morgan fingerprint density at radius 3 is 2.56 bits per heavy atom. The molecule has 18 heavy (non-hydrogen) atoms. The van der Waals surface area contributed by atoms with Crippen LogP contribution in [0, 0.1) is 0 Å². The molecule has 1 N–H and O–H groups in total. The lowest BCUT2D eigenvalue weighted by molar-refractivity contribution is 0.0156. The van der Waals surface area contributed by atoms with Crippen LogP contribution in [0.25, 0.3) is 0 Å². The van der Waals surface area contributed by atoms with E-state index in [9.17, 15) is 8.42 Å². The highest BCUT2D eigenvalue weighted by atomic mass is 32.2. The van der Waals surface area contributed by atoms with E-state index in [0.29, 0.717) is 19.2 Å². The van der Waals surface area contributed by atoms with Gasteiger partial charge in [0.05, 0.1) is 19.0 Å². The van der Waals surface area contributed by atoms with Crippen LogP contribution in [0.15, 0.2) is 0 Å². The zero-order valence-corrected chi connectivity index (χ0v) is 11.8. The molecule has 0 aromatic carbocycles. The first-order valence-corrected chi connectivity index (χ1v) is 8.40. The van der Waals surface area contributed by atoms with Crippen LogP contribution in [0.1, 0.15) is 6.42 Å². The molecule has 7 heteroatoms. The van der Waals surface area contributed by atoms with Gasteiger partial charge >= 0.3 is 0 Å². The van der Waals surface area contributed by atoms with E-state index < -0.39 is 10.0 Å². The smallest absolute Gasteiger partial charge is 0.211 e. The van der Waals surface area contributed by atoms with E-state index in [0.717, 1.165) is 45.8 Å². The zero-order valence-electron chi connectivity index (χ0n) is 11.0. The number of morpholine rings is 1. The van der Waals surface area contributed by atoms with Gasteiger partial charge in [0.25, 0.3) is 0 Å². The summed E-state index contributed by atoms with van der Waals surface area (Å²) >= 11 is 0. The standard InChI is InChI=1S/C11H23N3O3S/c1-18(15,16)14-7-5-13(6-8-14)4-2-11-10-12-3-9-17-11/h11-12H,2-10H2,1H3. The van der Waals surface area contributed by atoms with Crippen LogP contribution in [-0.4, -0.2) is 82.4 Å². The molecule has 0 radical (unpaired) electrons. The number of hydrogen-bond donors (Lipinski definition) is 1. The monoisotopic (exact) mass is 277 g/mol. The van der Waals surface area contributed by atoms with Crippen LogP contribution in [-0.2, 0) is 14.8 Å². The molecule has 0 aliphatic carbocycles. The lowest BCUT2D eigenvalue weighted by Gasteiger charge is -2.34. The topological polar surface area (TPSA) is 61.9 Å². The second-order valence-electron chi connectivity index (χ2n) is 4.99. The van der Waals surface area contributed by atoms with Crippen molar-refractivity contribution in [3.63, 3.8) is 0 Å². The van der Waals surface area contributed by atoms with Gasteiger partial charge in [-0.15, -0.1) is 0 Å². The van der Waals surface area contributed by atoms with Crippen molar-refractivity contribution in [3.8, 4) is 0 Å². The van der Waals surface area contributed by atoms with Gasteiger partial charge in [-0.05, 0) is 6.42 Å². The van der Waals surface area contributed by atoms with Crippen LogP contribution >= 0.6 is 0 Å². The summed E-state index contributed by atoms with van der Waals surface area (Å²) < 4.78 is 30.0. The van der Waals surface area contributed by atoms with Gasteiger partial charge in [-0.25, -0.2) is 8.42 Å². The van der Waals surface area contributed by atoms with E-state index >= 15 is 0 Å². The molecule has 1 unspecified atom stereocenters. The van der Waals surface area contributed by atoms with Gasteiger partial charge in [0.1, 0.15) is 0 Å². The van der Waals surface area contributed by atoms with Crippen molar-refractivity contribution >= 4 is 10.0 Å². The number of sulfonamides is 1. The van der Waals surface area contributed by atoms with Gasteiger partial charge in [-0.2, -0.15) is 4.31 Å². The minimum absolute atomic E-state index is 0.312. The summed E-state index contributed by atoms with van der Waals surface area (Å²) in [5.74, 6) is 0. The fourth-order valence-electron chi connectivity index (χ4n) is 2.42. The predicted octanol–water partition coefficient (Wildman–Crippen LogP) is -1.06. The number of rotatable bonds is 4. The Bertz CT molecular complexity index is 347. The molecule has 106 valence electrons. The van der Waals surface area contributed by atoms with Crippen LogP contribution in [0.5, 0.6) is 0 Å². The lowest BCUT2D eigenvalue weighted by atomic mass is 10.2. The minimum Gasteiger partial charge on any atom is -0.376 e. The summed E-state index contributed by atoms with van der Waals surface area (Å²) in [5.41, 5.74) is 0. The van der Waals surface area contributed by atoms with Crippen molar-refractivity contribution in [2.24, 2.45) is 0 Å². The number of nitrogens with zero attached hydrogens (tertiary/aromatic N) is 2. The molecule has 0 bridgehead atoms. The van der Waals surface area contributed by atoms with Gasteiger partial charge in [-0.1, -0.05) is 0 Å². The zero-order chi connectivity index (χ0) is 13.0. The van der Waals surface area contributed by atoms with Gasteiger partial charge in [0.2, 0.25) is 10.0 Å². The summed E-state index contributed by atoms with van der Waals surface area (Å²) in [6.07, 6.45) is 2.61. The Balaban J connectivity index is 1.67. The number of hydrogen-bond acceptors (Lipinski definition) is 5. The first-order valence-electron chi connectivity index (χ1n) is 6.55. The molecule has 0 amide bonds. The van der Waals surface area contributed by atoms with Gasteiger partial charge in [0, 0.05) is 45.8 Å². The van der Waals surface area contributed by atoms with E-state index in [-0.39, 0.29) is 0 Å². The Kier molecular flexibility index (Phi) is 4.97. The van der Waals surface area contributed by atoms with Gasteiger partial charge in [0.15, 0.2) is 0 Å². The van der Waals surface area contributed by atoms with Crippen molar-refractivity contribution in [2.45, 2.75) is 12.5 Å². The van der Waals surface area contributed by atoms with Crippen molar-refractivity contribution in [2.75, 3.05) is 58.7 Å². The molecule has 0 saturated carbocycles. The van der Waals surface area contributed by atoms with Crippen molar-refractivity contribution in [3.05, 3.63) is 0 Å². The Labute approximate surface area is 109 Å². The second-order valence-corrected chi connectivity index (χ2v) is 6.97. The van der Waals surface area contributed by atoms with E-state index in [4.69, 9.17) is 4.74 Å². The minimum atomic E-state index is -3.01. The number of nitrogens with one attached hydrogen (secondary N) is 1.